The molecule has 2 aromatic carbocycles. The topological polar surface area (TPSA) is 29.1 Å². The lowest BCUT2D eigenvalue weighted by Gasteiger charge is -2.20. The number of hydrogen-bond acceptors (Lipinski definition) is 2. The van der Waals surface area contributed by atoms with Gasteiger partial charge in [-0.05, 0) is 49.1 Å². The highest BCUT2D eigenvalue weighted by atomic mass is 35.5. The first kappa shape index (κ1) is 18.9. The quantitative estimate of drug-likeness (QED) is 0.709. The van der Waals surface area contributed by atoms with Crippen molar-refractivity contribution >= 4 is 29.3 Å². The highest BCUT2D eigenvalue weighted by Crippen LogP contribution is 2.22. The van der Waals surface area contributed by atoms with Gasteiger partial charge in [0.05, 0.1) is 11.8 Å². The number of thioether (sulfide) groups is 1. The Morgan fingerprint density at radius 2 is 1.88 bits per heavy atom. The van der Waals surface area contributed by atoms with Crippen LogP contribution in [0.2, 0.25) is 5.02 Å². The molecule has 0 aliphatic carbocycles. The summed E-state index contributed by atoms with van der Waals surface area (Å²) in [7, 11) is 0. The third-order valence-corrected chi connectivity index (χ3v) is 5.22. The van der Waals surface area contributed by atoms with E-state index in [1.165, 1.54) is 22.3 Å². The van der Waals surface area contributed by atoms with E-state index < -0.39 is 0 Å². The predicted molar refractivity (Wildman–Crippen MR) is 105 cm³/mol. The SMILES string of the molecule is CC[C@@H](NC(=O)CSCc1ccc(Cl)cc1)c1ccc(C)cc1C. The number of carbonyl (C=O) groups excluding carboxylic acids is 1. The number of rotatable bonds is 7. The highest BCUT2D eigenvalue weighted by molar-refractivity contribution is 7.99. The van der Waals surface area contributed by atoms with Gasteiger partial charge in [-0.15, -0.1) is 11.8 Å². The maximum Gasteiger partial charge on any atom is 0.230 e. The summed E-state index contributed by atoms with van der Waals surface area (Å²) in [5, 5.41) is 3.89. The largest absolute Gasteiger partial charge is 0.349 e. The molecule has 0 aliphatic rings. The summed E-state index contributed by atoms with van der Waals surface area (Å²) in [4.78, 5) is 12.3. The molecule has 1 amide bonds. The summed E-state index contributed by atoms with van der Waals surface area (Å²) >= 11 is 7.50. The third-order valence-electron chi connectivity index (χ3n) is 3.96. The molecule has 128 valence electrons. The van der Waals surface area contributed by atoms with Gasteiger partial charge in [0.2, 0.25) is 5.91 Å². The molecule has 4 heteroatoms. The molecule has 24 heavy (non-hydrogen) atoms. The molecule has 0 aromatic heterocycles. The predicted octanol–water partition coefficient (Wildman–Crippen LogP) is 5.46. The lowest BCUT2D eigenvalue weighted by atomic mass is 9.97. The van der Waals surface area contributed by atoms with Crippen molar-refractivity contribution in [3.8, 4) is 0 Å². The Labute approximate surface area is 154 Å². The first-order valence-corrected chi connectivity index (χ1v) is 9.71. The second-order valence-electron chi connectivity index (χ2n) is 6.01. The van der Waals surface area contributed by atoms with E-state index in [-0.39, 0.29) is 11.9 Å². The van der Waals surface area contributed by atoms with Gasteiger partial charge < -0.3 is 5.32 Å². The zero-order chi connectivity index (χ0) is 17.5. The molecule has 0 aliphatic heterocycles. The maximum atomic E-state index is 12.3. The lowest BCUT2D eigenvalue weighted by molar-refractivity contribution is -0.119. The van der Waals surface area contributed by atoms with Crippen LogP contribution < -0.4 is 5.32 Å². The van der Waals surface area contributed by atoms with Gasteiger partial charge in [-0.3, -0.25) is 4.79 Å². The number of nitrogens with one attached hydrogen (secondary N) is 1. The summed E-state index contributed by atoms with van der Waals surface area (Å²) in [6.07, 6.45) is 0.886. The van der Waals surface area contributed by atoms with Crippen molar-refractivity contribution in [1.82, 2.24) is 5.32 Å². The average Bonchev–Trinajstić information content (AvgIpc) is 2.55. The molecular formula is C20H24ClNOS. The van der Waals surface area contributed by atoms with E-state index in [9.17, 15) is 4.79 Å². The molecule has 0 saturated heterocycles. The monoisotopic (exact) mass is 361 g/mol. The van der Waals surface area contributed by atoms with E-state index in [1.807, 2.05) is 24.3 Å². The van der Waals surface area contributed by atoms with Crippen LogP contribution >= 0.6 is 23.4 Å². The standard InChI is InChI=1S/C20H24ClNOS/c1-4-19(18-10-5-14(2)11-15(18)3)22-20(23)13-24-12-16-6-8-17(21)9-7-16/h5-11,19H,4,12-13H2,1-3H3,(H,22,23)/t19-/m1/s1. The molecule has 0 radical (unpaired) electrons. The van der Waals surface area contributed by atoms with Gasteiger partial charge in [-0.1, -0.05) is 54.4 Å². The van der Waals surface area contributed by atoms with Crippen molar-refractivity contribution in [3.05, 3.63) is 69.7 Å². The van der Waals surface area contributed by atoms with Crippen LogP contribution in [0.15, 0.2) is 42.5 Å². The van der Waals surface area contributed by atoms with E-state index in [0.29, 0.717) is 5.75 Å². The van der Waals surface area contributed by atoms with Gasteiger partial charge in [0.1, 0.15) is 0 Å². The fourth-order valence-electron chi connectivity index (χ4n) is 2.69. The molecule has 1 N–H and O–H groups in total. The van der Waals surface area contributed by atoms with Gasteiger partial charge in [-0.25, -0.2) is 0 Å². The second-order valence-corrected chi connectivity index (χ2v) is 7.43. The average molecular weight is 362 g/mol. The van der Waals surface area contributed by atoms with Gasteiger partial charge in [0.15, 0.2) is 0 Å². The zero-order valence-corrected chi connectivity index (χ0v) is 16.0. The highest BCUT2D eigenvalue weighted by Gasteiger charge is 2.14. The Hall–Kier alpha value is -1.45. The number of hydrogen-bond donors (Lipinski definition) is 1. The first-order chi connectivity index (χ1) is 11.5. The molecular weight excluding hydrogens is 338 g/mol. The van der Waals surface area contributed by atoms with Crippen molar-refractivity contribution in [3.63, 3.8) is 0 Å². The minimum Gasteiger partial charge on any atom is -0.349 e. The van der Waals surface area contributed by atoms with Crippen LogP contribution in [-0.2, 0) is 10.5 Å². The summed E-state index contributed by atoms with van der Waals surface area (Å²) in [5.41, 5.74) is 4.87. The van der Waals surface area contributed by atoms with Crippen LogP contribution in [-0.4, -0.2) is 11.7 Å². The van der Waals surface area contributed by atoms with E-state index in [2.05, 4.69) is 44.3 Å². The second kappa shape index (κ2) is 9.14. The van der Waals surface area contributed by atoms with Crippen LogP contribution in [0.3, 0.4) is 0 Å². The van der Waals surface area contributed by atoms with Crippen molar-refractivity contribution < 1.29 is 4.79 Å². The molecule has 0 unspecified atom stereocenters. The molecule has 2 rings (SSSR count). The van der Waals surface area contributed by atoms with Gasteiger partial charge in [0.25, 0.3) is 0 Å². The van der Waals surface area contributed by atoms with Crippen molar-refractivity contribution in [2.75, 3.05) is 5.75 Å². The number of halogens is 1. The molecule has 0 heterocycles. The van der Waals surface area contributed by atoms with Gasteiger partial charge in [0, 0.05) is 10.8 Å². The van der Waals surface area contributed by atoms with Crippen molar-refractivity contribution in [1.29, 1.82) is 0 Å². The van der Waals surface area contributed by atoms with E-state index >= 15 is 0 Å². The summed E-state index contributed by atoms with van der Waals surface area (Å²) < 4.78 is 0. The van der Waals surface area contributed by atoms with Crippen LogP contribution in [0.25, 0.3) is 0 Å². The molecule has 0 bridgehead atoms. The number of aryl methyl sites for hydroxylation is 2. The summed E-state index contributed by atoms with van der Waals surface area (Å²) in [5.74, 6) is 1.36. The minimum atomic E-state index is 0.0780. The maximum absolute atomic E-state index is 12.3. The molecule has 2 nitrogen and oxygen atoms in total. The van der Waals surface area contributed by atoms with Crippen LogP contribution in [0.5, 0.6) is 0 Å². The Morgan fingerprint density at radius 1 is 1.17 bits per heavy atom. The third kappa shape index (κ3) is 5.57. The van der Waals surface area contributed by atoms with E-state index in [1.54, 1.807) is 11.8 Å². The Balaban J connectivity index is 1.86. The Bertz CT molecular complexity index is 685. The normalized spacial score (nSPS) is 12.0. The first-order valence-electron chi connectivity index (χ1n) is 8.18. The smallest absolute Gasteiger partial charge is 0.230 e. The number of benzene rings is 2. The summed E-state index contributed by atoms with van der Waals surface area (Å²) in [6.45, 7) is 6.29. The number of amides is 1. The van der Waals surface area contributed by atoms with Crippen molar-refractivity contribution in [2.45, 2.75) is 39.0 Å². The molecule has 0 fully saturated rings. The Kier molecular flexibility index (Phi) is 7.19. The minimum absolute atomic E-state index is 0.0780. The summed E-state index contributed by atoms with van der Waals surface area (Å²) in [6, 6.07) is 14.2. The van der Waals surface area contributed by atoms with Crippen molar-refractivity contribution in [2.24, 2.45) is 0 Å². The molecule has 0 saturated carbocycles. The van der Waals surface area contributed by atoms with Crippen LogP contribution in [0, 0.1) is 13.8 Å². The fourth-order valence-corrected chi connectivity index (χ4v) is 3.62. The van der Waals surface area contributed by atoms with Gasteiger partial charge >= 0.3 is 0 Å². The van der Waals surface area contributed by atoms with Gasteiger partial charge in [-0.2, -0.15) is 0 Å². The lowest BCUT2D eigenvalue weighted by Crippen LogP contribution is -2.30. The molecule has 1 atom stereocenters. The molecule has 0 spiro atoms. The fraction of sp³-hybridized carbons (Fsp3) is 0.350. The van der Waals surface area contributed by atoms with E-state index in [0.717, 1.165) is 17.2 Å². The molecule has 2 aromatic rings. The zero-order valence-electron chi connectivity index (χ0n) is 14.4. The number of carbonyl (C=O) groups is 1. The van der Waals surface area contributed by atoms with Crippen LogP contribution in [0.4, 0.5) is 0 Å². The van der Waals surface area contributed by atoms with Crippen LogP contribution in [0.1, 0.15) is 41.6 Å². The Morgan fingerprint density at radius 3 is 2.50 bits per heavy atom. The van der Waals surface area contributed by atoms with E-state index in [4.69, 9.17) is 11.6 Å².